The highest BCUT2D eigenvalue weighted by Gasteiger charge is 2.26. The third-order valence-electron chi connectivity index (χ3n) is 6.20. The minimum absolute atomic E-state index is 0.0628. The molecule has 0 spiro atoms. The van der Waals surface area contributed by atoms with Crippen molar-refractivity contribution in [2.45, 2.75) is 44.8 Å². The van der Waals surface area contributed by atoms with E-state index in [9.17, 15) is 9.59 Å². The molecule has 8 heteroatoms. The molecule has 3 aromatic heterocycles. The molecule has 31 heavy (non-hydrogen) atoms. The summed E-state index contributed by atoms with van der Waals surface area (Å²) in [5.41, 5.74) is 3.06. The van der Waals surface area contributed by atoms with Gasteiger partial charge in [-0.1, -0.05) is 12.1 Å². The molecule has 2 aliphatic rings. The smallest absolute Gasteiger partial charge is 0.348 e. The largest absolute Gasteiger partial charge is 0.465 e. The number of aromatic amines is 1. The molecule has 5 rings (SSSR count). The summed E-state index contributed by atoms with van der Waals surface area (Å²) >= 11 is 1.39. The first-order valence-corrected chi connectivity index (χ1v) is 11.5. The van der Waals surface area contributed by atoms with E-state index in [0.29, 0.717) is 10.8 Å². The van der Waals surface area contributed by atoms with Crippen molar-refractivity contribution in [2.75, 3.05) is 13.7 Å². The molecule has 0 bridgehead atoms. The number of esters is 1. The lowest BCUT2D eigenvalue weighted by Gasteiger charge is -2.28. The van der Waals surface area contributed by atoms with Gasteiger partial charge in [0, 0.05) is 24.8 Å². The number of rotatable bonds is 6. The Morgan fingerprint density at radius 1 is 1.39 bits per heavy atom. The van der Waals surface area contributed by atoms with Crippen LogP contribution in [0.2, 0.25) is 0 Å². The van der Waals surface area contributed by atoms with Gasteiger partial charge in [-0.15, -0.1) is 11.3 Å². The number of methoxy groups -OCH3 is 1. The summed E-state index contributed by atoms with van der Waals surface area (Å²) in [5.74, 6) is 1.24. The number of H-pyrrole nitrogens is 1. The number of allylic oxidation sites excluding steroid dienone is 2. The van der Waals surface area contributed by atoms with Crippen LogP contribution in [-0.2, 0) is 22.4 Å². The summed E-state index contributed by atoms with van der Waals surface area (Å²) in [7, 11) is 1.40. The molecule has 1 aliphatic heterocycles. The third-order valence-corrected chi connectivity index (χ3v) is 7.20. The zero-order valence-electron chi connectivity index (χ0n) is 17.4. The number of imidazole rings is 1. The van der Waals surface area contributed by atoms with Gasteiger partial charge in [-0.3, -0.25) is 4.79 Å². The van der Waals surface area contributed by atoms with Crippen LogP contribution in [0.25, 0.3) is 15.9 Å². The van der Waals surface area contributed by atoms with Crippen LogP contribution in [0.3, 0.4) is 0 Å². The fourth-order valence-corrected chi connectivity index (χ4v) is 5.34. The average molecular weight is 440 g/mol. The molecule has 0 amide bonds. The number of nitrogens with one attached hydrogen (secondary N) is 1. The van der Waals surface area contributed by atoms with Crippen LogP contribution < -0.4 is 5.56 Å². The quantitative estimate of drug-likeness (QED) is 0.591. The second kappa shape index (κ2) is 8.43. The Kier molecular flexibility index (Phi) is 5.50. The van der Waals surface area contributed by atoms with Gasteiger partial charge >= 0.3 is 5.97 Å². The maximum absolute atomic E-state index is 12.0. The predicted molar refractivity (Wildman–Crippen MR) is 119 cm³/mol. The maximum atomic E-state index is 12.0. The van der Waals surface area contributed by atoms with Crippen LogP contribution in [0, 0.1) is 5.92 Å². The van der Waals surface area contributed by atoms with E-state index in [2.05, 4.69) is 15.6 Å². The second-order valence-electron chi connectivity index (χ2n) is 8.22. The first-order chi connectivity index (χ1) is 15.1. The molecule has 1 aliphatic carbocycles. The van der Waals surface area contributed by atoms with Crippen molar-refractivity contribution in [2.24, 2.45) is 5.92 Å². The fourth-order valence-electron chi connectivity index (χ4n) is 4.37. The van der Waals surface area contributed by atoms with Gasteiger partial charge in [-0.2, -0.15) is 0 Å². The van der Waals surface area contributed by atoms with Crippen molar-refractivity contribution in [3.8, 4) is 0 Å². The number of aromatic nitrogens is 3. The van der Waals surface area contributed by atoms with E-state index < -0.39 is 0 Å². The van der Waals surface area contributed by atoms with Crippen LogP contribution in [0.4, 0.5) is 0 Å². The molecular formula is C23H25N3O4S. The van der Waals surface area contributed by atoms with Crippen molar-refractivity contribution in [1.29, 1.82) is 0 Å². The Morgan fingerprint density at radius 3 is 2.94 bits per heavy atom. The van der Waals surface area contributed by atoms with Gasteiger partial charge in [-0.25, -0.2) is 9.78 Å². The van der Waals surface area contributed by atoms with Gasteiger partial charge in [0.05, 0.1) is 25.3 Å². The summed E-state index contributed by atoms with van der Waals surface area (Å²) in [5, 5.41) is 0. The minimum Gasteiger partial charge on any atom is -0.465 e. The second-order valence-corrected chi connectivity index (χ2v) is 9.25. The van der Waals surface area contributed by atoms with Crippen LogP contribution >= 0.6 is 11.3 Å². The Hall–Kier alpha value is -2.71. The molecule has 1 saturated heterocycles. The van der Waals surface area contributed by atoms with E-state index in [-0.39, 0.29) is 17.6 Å². The number of hydrogen-bond donors (Lipinski definition) is 1. The van der Waals surface area contributed by atoms with Crippen LogP contribution in [0.1, 0.15) is 46.9 Å². The first kappa shape index (κ1) is 20.2. The van der Waals surface area contributed by atoms with E-state index in [4.69, 9.17) is 14.5 Å². The van der Waals surface area contributed by atoms with E-state index >= 15 is 0 Å². The van der Waals surface area contributed by atoms with Gasteiger partial charge in [0.25, 0.3) is 0 Å². The number of fused-ring (bicyclic) bond motifs is 1. The van der Waals surface area contributed by atoms with Gasteiger partial charge in [0.15, 0.2) is 0 Å². The Labute approximate surface area is 183 Å². The molecule has 162 valence electrons. The van der Waals surface area contributed by atoms with Crippen LogP contribution in [-0.4, -0.2) is 40.3 Å². The van der Waals surface area contributed by atoms with E-state index in [1.165, 1.54) is 24.0 Å². The molecule has 1 N–H and O–H groups in total. The number of hydrogen-bond acceptors (Lipinski definition) is 6. The summed E-state index contributed by atoms with van der Waals surface area (Å²) in [6.45, 7) is 1.58. The van der Waals surface area contributed by atoms with Gasteiger partial charge in [0.2, 0.25) is 5.56 Å². The van der Waals surface area contributed by atoms with Gasteiger partial charge in [0.1, 0.15) is 15.5 Å². The molecule has 0 saturated carbocycles. The van der Waals surface area contributed by atoms with Crippen molar-refractivity contribution in [3.63, 3.8) is 0 Å². The number of pyridine rings is 1. The van der Waals surface area contributed by atoms with E-state index in [1.807, 2.05) is 12.1 Å². The Morgan fingerprint density at radius 2 is 2.26 bits per heavy atom. The Bertz CT molecular complexity index is 1200. The van der Waals surface area contributed by atoms with Crippen molar-refractivity contribution >= 4 is 33.2 Å². The van der Waals surface area contributed by atoms with E-state index in [0.717, 1.165) is 67.1 Å². The lowest BCUT2D eigenvalue weighted by molar-refractivity contribution is -0.0590. The number of carbonyl (C=O) groups excluding carboxylic acids is 1. The zero-order chi connectivity index (χ0) is 21.4. The molecule has 0 aromatic carbocycles. The fraction of sp³-hybridized carbons (Fsp3) is 0.435. The normalized spacial score (nSPS) is 21.0. The standard InChI is InChI=1S/C23H25N3O4S/c1-29-23(28)19-12-18-22(31-19)25-20(26(18)13-16-9-10-30-16)11-14-5-7-15(8-6-14)17-3-2-4-21(27)24-17/h2-4,7,12,14,16H,5-6,8-11,13H2,1H3,(H,24,27)/t14?,16-/m0/s1. The first-order valence-electron chi connectivity index (χ1n) is 10.7. The number of ether oxygens (including phenoxy) is 2. The molecule has 3 aromatic rings. The van der Waals surface area contributed by atoms with Gasteiger partial charge < -0.3 is 19.0 Å². The minimum atomic E-state index is -0.320. The summed E-state index contributed by atoms with van der Waals surface area (Å²) in [6.07, 6.45) is 7.35. The SMILES string of the molecule is COC(=O)c1cc2c(nc(CC3CC=C(c4cccc(=O)[nH]4)CC3)n2C[C@@H]2CCO2)s1. The topological polar surface area (TPSA) is 86.2 Å². The Balaban J connectivity index is 1.37. The van der Waals surface area contributed by atoms with Crippen LogP contribution in [0.15, 0.2) is 35.1 Å². The molecule has 1 unspecified atom stereocenters. The predicted octanol–water partition coefficient (Wildman–Crippen LogP) is 3.79. The van der Waals surface area contributed by atoms with Crippen molar-refractivity contribution in [1.82, 2.24) is 14.5 Å². The molecule has 2 atom stereocenters. The molecule has 0 radical (unpaired) electrons. The molecular weight excluding hydrogens is 414 g/mol. The molecule has 7 nitrogen and oxygen atoms in total. The summed E-state index contributed by atoms with van der Waals surface area (Å²) < 4.78 is 12.8. The lowest BCUT2D eigenvalue weighted by atomic mass is 9.86. The summed E-state index contributed by atoms with van der Waals surface area (Å²) in [4.78, 5) is 32.8. The number of carbonyl (C=O) groups is 1. The highest BCUT2D eigenvalue weighted by molar-refractivity contribution is 7.20. The lowest BCUT2D eigenvalue weighted by Crippen LogP contribution is -2.32. The van der Waals surface area contributed by atoms with E-state index in [1.54, 1.807) is 12.1 Å². The van der Waals surface area contributed by atoms with Crippen molar-refractivity contribution in [3.05, 3.63) is 57.1 Å². The maximum Gasteiger partial charge on any atom is 0.348 e. The number of thiophene rings is 1. The average Bonchev–Trinajstić information content (AvgIpc) is 3.29. The molecule has 4 heterocycles. The van der Waals surface area contributed by atoms with Gasteiger partial charge in [-0.05, 0) is 49.3 Å². The van der Waals surface area contributed by atoms with Crippen molar-refractivity contribution < 1.29 is 14.3 Å². The highest BCUT2D eigenvalue weighted by Crippen LogP contribution is 2.33. The highest BCUT2D eigenvalue weighted by atomic mass is 32.1. The zero-order valence-corrected chi connectivity index (χ0v) is 18.2. The molecule has 1 fully saturated rings. The monoisotopic (exact) mass is 439 g/mol. The van der Waals surface area contributed by atoms with Crippen LogP contribution in [0.5, 0.6) is 0 Å². The number of nitrogens with zero attached hydrogens (tertiary/aromatic N) is 2. The summed E-state index contributed by atoms with van der Waals surface area (Å²) in [6, 6.07) is 7.20. The third kappa shape index (κ3) is 4.09.